The fourth-order valence-corrected chi connectivity index (χ4v) is 6.89. The molecule has 3 aliphatic rings. The van der Waals surface area contributed by atoms with Crippen LogP contribution < -0.4 is 0 Å². The lowest BCUT2D eigenvalue weighted by Crippen LogP contribution is -2.53. The third kappa shape index (κ3) is 4.21. The van der Waals surface area contributed by atoms with Crippen molar-refractivity contribution in [1.82, 2.24) is 35.3 Å². The van der Waals surface area contributed by atoms with Gasteiger partial charge in [0.1, 0.15) is 27.3 Å². The molecular weight excluding hydrogens is 524 g/mol. The molecule has 0 aliphatic heterocycles. The van der Waals surface area contributed by atoms with Crippen LogP contribution in [-0.4, -0.2) is 55.8 Å². The molecule has 3 aliphatic carbocycles. The highest BCUT2D eigenvalue weighted by atomic mass is 32.2. The summed E-state index contributed by atoms with van der Waals surface area (Å²) in [5, 5.41) is 15.9. The van der Waals surface area contributed by atoms with Crippen LogP contribution in [0.3, 0.4) is 0 Å². The third-order valence-corrected chi connectivity index (χ3v) is 9.15. The molecule has 0 amide bonds. The largest absolute Gasteiger partial charge is 0.263 e. The van der Waals surface area contributed by atoms with E-state index in [1.807, 2.05) is 6.07 Å². The maximum Gasteiger partial charge on any atom is 0.218 e. The molecule has 3 aromatic heterocycles. The standard InChI is InChI=1S/C27H27F2N7O2S/c1-26(2)14-15-7-10-27(26,23-16(15)13-19(33-35-23)22-17(28)5-4-6-18(22)29)20-8-11-30-24(31-20)25-32-21(34-36-25)9-12-39(3,37)38/h4-6,8,11,13,15H,7,9-10,12,14H2,1-3H3,(H,32,34,36)/t15-,27+/m1/s1. The van der Waals surface area contributed by atoms with Crippen LogP contribution in [0.2, 0.25) is 0 Å². The SMILES string of the molecule is CC1(C)C[C@H]2CC[C@]1(c1ccnc(-c3n[nH]c(CCS(C)(=O)=O)n3)n1)c1nnc(-c3c(F)cccc3F)cc12. The number of fused-ring (bicyclic) bond motifs is 2. The second-order valence-corrected chi connectivity index (χ2v) is 13.4. The summed E-state index contributed by atoms with van der Waals surface area (Å²) >= 11 is 0. The van der Waals surface area contributed by atoms with Gasteiger partial charge in [0.15, 0.2) is 5.82 Å². The first-order valence-corrected chi connectivity index (χ1v) is 14.8. The summed E-state index contributed by atoms with van der Waals surface area (Å²) in [5.74, 6) is -0.193. The van der Waals surface area contributed by atoms with Crippen molar-refractivity contribution in [3.05, 3.63) is 70.9 Å². The molecule has 2 atom stereocenters. The minimum absolute atomic E-state index is 0.0464. The van der Waals surface area contributed by atoms with Crippen LogP contribution >= 0.6 is 0 Å². The van der Waals surface area contributed by atoms with Crippen LogP contribution in [-0.2, 0) is 21.7 Å². The van der Waals surface area contributed by atoms with E-state index in [0.717, 1.165) is 36.2 Å². The summed E-state index contributed by atoms with van der Waals surface area (Å²) in [6.07, 6.45) is 5.54. The van der Waals surface area contributed by atoms with Crippen molar-refractivity contribution in [2.75, 3.05) is 12.0 Å². The number of aryl methyl sites for hydroxylation is 1. The number of rotatable bonds is 6. The number of aromatic nitrogens is 7. The predicted molar refractivity (Wildman–Crippen MR) is 139 cm³/mol. The third-order valence-electron chi connectivity index (χ3n) is 8.20. The number of hydrogen-bond acceptors (Lipinski definition) is 8. The Bertz CT molecular complexity index is 1690. The first-order chi connectivity index (χ1) is 18.5. The van der Waals surface area contributed by atoms with Gasteiger partial charge in [-0.3, -0.25) is 5.10 Å². The number of nitrogens with zero attached hydrogens (tertiary/aromatic N) is 6. The first kappa shape index (κ1) is 25.6. The highest BCUT2D eigenvalue weighted by Crippen LogP contribution is 2.63. The molecule has 12 heteroatoms. The van der Waals surface area contributed by atoms with Gasteiger partial charge in [0.2, 0.25) is 5.82 Å². The summed E-state index contributed by atoms with van der Waals surface area (Å²) in [6, 6.07) is 7.41. The molecule has 9 nitrogen and oxygen atoms in total. The van der Waals surface area contributed by atoms with E-state index in [1.165, 1.54) is 24.5 Å². The zero-order chi connectivity index (χ0) is 27.6. The molecule has 1 N–H and O–H groups in total. The van der Waals surface area contributed by atoms with E-state index in [0.29, 0.717) is 11.6 Å². The number of nitrogens with one attached hydrogen (secondary N) is 1. The van der Waals surface area contributed by atoms with E-state index in [1.54, 1.807) is 12.3 Å². The second kappa shape index (κ2) is 8.94. The minimum atomic E-state index is -3.15. The quantitative estimate of drug-likeness (QED) is 0.378. The van der Waals surface area contributed by atoms with Crippen LogP contribution in [0.5, 0.6) is 0 Å². The number of hydrogen-bond donors (Lipinski definition) is 1. The molecule has 7 rings (SSSR count). The molecular formula is C27H27F2N7O2S. The molecule has 3 heterocycles. The molecule has 39 heavy (non-hydrogen) atoms. The summed E-state index contributed by atoms with van der Waals surface area (Å²) in [5.41, 5.74) is 1.60. The van der Waals surface area contributed by atoms with Gasteiger partial charge < -0.3 is 0 Å². The Kier molecular flexibility index (Phi) is 5.87. The Labute approximate surface area is 224 Å². The molecule has 0 spiro atoms. The number of halogens is 2. The lowest BCUT2D eigenvalue weighted by Gasteiger charge is -2.56. The van der Waals surface area contributed by atoms with Gasteiger partial charge in [0, 0.05) is 18.9 Å². The molecule has 1 fully saturated rings. The fraction of sp³-hybridized carbons (Fsp3) is 0.407. The predicted octanol–water partition coefficient (Wildman–Crippen LogP) is 4.18. The Morgan fingerprint density at radius 1 is 1.08 bits per heavy atom. The average Bonchev–Trinajstić information content (AvgIpc) is 3.36. The lowest BCUT2D eigenvalue weighted by molar-refractivity contribution is 0.0811. The van der Waals surface area contributed by atoms with Crippen molar-refractivity contribution in [3.8, 4) is 22.9 Å². The zero-order valence-electron chi connectivity index (χ0n) is 21.7. The lowest BCUT2D eigenvalue weighted by atomic mass is 9.47. The van der Waals surface area contributed by atoms with Gasteiger partial charge in [-0.15, -0.1) is 10.2 Å². The van der Waals surface area contributed by atoms with Crippen molar-refractivity contribution in [3.63, 3.8) is 0 Å². The van der Waals surface area contributed by atoms with Gasteiger partial charge in [-0.2, -0.15) is 5.10 Å². The Morgan fingerprint density at radius 3 is 2.56 bits per heavy atom. The minimum Gasteiger partial charge on any atom is -0.263 e. The van der Waals surface area contributed by atoms with E-state index in [-0.39, 0.29) is 40.6 Å². The topological polar surface area (TPSA) is 127 Å². The first-order valence-electron chi connectivity index (χ1n) is 12.7. The van der Waals surface area contributed by atoms with E-state index in [4.69, 9.17) is 4.98 Å². The van der Waals surface area contributed by atoms with Gasteiger partial charge in [-0.05, 0) is 60.4 Å². The number of H-pyrrole nitrogens is 1. The van der Waals surface area contributed by atoms with Crippen molar-refractivity contribution in [1.29, 1.82) is 0 Å². The Morgan fingerprint density at radius 2 is 1.85 bits per heavy atom. The second-order valence-electron chi connectivity index (χ2n) is 11.1. The number of sulfone groups is 1. The zero-order valence-corrected chi connectivity index (χ0v) is 22.6. The molecule has 202 valence electrons. The summed E-state index contributed by atoms with van der Waals surface area (Å²) < 4.78 is 52.2. The van der Waals surface area contributed by atoms with Crippen LogP contribution in [0, 0.1) is 17.0 Å². The Hall–Kier alpha value is -3.67. The van der Waals surface area contributed by atoms with Crippen LogP contribution in [0.25, 0.3) is 22.9 Å². The molecule has 0 unspecified atom stereocenters. The number of benzene rings is 1. The normalized spacial score (nSPS) is 21.6. The van der Waals surface area contributed by atoms with E-state index in [2.05, 4.69) is 44.2 Å². The van der Waals surface area contributed by atoms with Crippen molar-refractivity contribution < 1.29 is 17.2 Å². The fourth-order valence-electron chi connectivity index (χ4n) is 6.33. The monoisotopic (exact) mass is 551 g/mol. The van der Waals surface area contributed by atoms with Crippen LogP contribution in [0.4, 0.5) is 8.78 Å². The van der Waals surface area contributed by atoms with Gasteiger partial charge in [-0.1, -0.05) is 19.9 Å². The van der Waals surface area contributed by atoms with Crippen molar-refractivity contribution in [2.45, 2.75) is 50.9 Å². The highest BCUT2D eigenvalue weighted by molar-refractivity contribution is 7.90. The summed E-state index contributed by atoms with van der Waals surface area (Å²) in [7, 11) is -3.15. The smallest absolute Gasteiger partial charge is 0.218 e. The van der Waals surface area contributed by atoms with E-state index >= 15 is 0 Å². The molecule has 0 radical (unpaired) electrons. The molecule has 4 aromatic rings. The molecule has 1 saturated carbocycles. The maximum atomic E-state index is 14.6. The summed E-state index contributed by atoms with van der Waals surface area (Å²) in [4.78, 5) is 13.7. The van der Waals surface area contributed by atoms with Gasteiger partial charge in [0.25, 0.3) is 0 Å². The van der Waals surface area contributed by atoms with Gasteiger partial charge in [-0.25, -0.2) is 32.2 Å². The van der Waals surface area contributed by atoms with Crippen LogP contribution in [0.15, 0.2) is 36.5 Å². The highest BCUT2D eigenvalue weighted by Gasteiger charge is 2.59. The Balaban J connectivity index is 1.43. The van der Waals surface area contributed by atoms with Gasteiger partial charge in [0.05, 0.1) is 33.8 Å². The molecule has 1 aromatic carbocycles. The average molecular weight is 552 g/mol. The molecule has 0 saturated heterocycles. The van der Waals surface area contributed by atoms with Crippen molar-refractivity contribution in [2.24, 2.45) is 5.41 Å². The van der Waals surface area contributed by atoms with Crippen molar-refractivity contribution >= 4 is 9.84 Å². The van der Waals surface area contributed by atoms with Gasteiger partial charge >= 0.3 is 0 Å². The summed E-state index contributed by atoms with van der Waals surface area (Å²) in [6.45, 7) is 4.37. The van der Waals surface area contributed by atoms with E-state index in [9.17, 15) is 17.2 Å². The van der Waals surface area contributed by atoms with E-state index < -0.39 is 26.9 Å². The number of aromatic amines is 1. The maximum absolute atomic E-state index is 14.6. The molecule has 2 bridgehead atoms. The van der Waals surface area contributed by atoms with Crippen LogP contribution in [0.1, 0.15) is 61.8 Å².